The summed E-state index contributed by atoms with van der Waals surface area (Å²) in [7, 11) is 0. The first kappa shape index (κ1) is 12.6. The smallest absolute Gasteiger partial charge is 0.181 e. The summed E-state index contributed by atoms with van der Waals surface area (Å²) in [5.74, 6) is 0. The summed E-state index contributed by atoms with van der Waals surface area (Å²) in [4.78, 5) is 6.80. The molecule has 0 aliphatic carbocycles. The summed E-state index contributed by atoms with van der Waals surface area (Å²) < 4.78 is 7.17. The lowest BCUT2D eigenvalue weighted by molar-refractivity contribution is -0.0566. The van der Waals surface area contributed by atoms with Gasteiger partial charge in [-0.25, -0.2) is 9.67 Å². The maximum Gasteiger partial charge on any atom is 0.181 e. The molecule has 0 saturated carbocycles. The number of aromatic amines is 1. The zero-order valence-electron chi connectivity index (χ0n) is 9.67. The zero-order chi connectivity index (χ0) is 13.6. The van der Waals surface area contributed by atoms with Crippen LogP contribution in [0.4, 0.5) is 0 Å². The molecule has 0 radical (unpaired) electrons. The van der Waals surface area contributed by atoms with Gasteiger partial charge >= 0.3 is 0 Å². The van der Waals surface area contributed by atoms with Gasteiger partial charge < -0.3 is 25.0 Å². The van der Waals surface area contributed by atoms with Crippen LogP contribution in [0.1, 0.15) is 6.23 Å². The number of H-pyrrole nitrogens is 1. The Hall–Kier alpha value is -1.39. The highest BCUT2D eigenvalue weighted by Crippen LogP contribution is 2.30. The van der Waals surface area contributed by atoms with Gasteiger partial charge in [-0.2, -0.15) is 5.10 Å². The Labute approximate surface area is 112 Å². The maximum atomic E-state index is 9.96. The van der Waals surface area contributed by atoms with E-state index in [1.807, 2.05) is 0 Å². The number of aliphatic hydroxyl groups is 3. The van der Waals surface area contributed by atoms with E-state index in [1.54, 1.807) is 0 Å². The molecule has 19 heavy (non-hydrogen) atoms. The van der Waals surface area contributed by atoms with Crippen LogP contribution >= 0.6 is 12.2 Å². The molecule has 9 heteroatoms. The molecule has 1 fully saturated rings. The molecule has 0 bridgehead atoms. The van der Waals surface area contributed by atoms with E-state index in [-0.39, 0.29) is 6.61 Å². The molecule has 3 heterocycles. The first-order valence-corrected chi connectivity index (χ1v) is 6.07. The highest BCUT2D eigenvalue weighted by Gasteiger charge is 2.44. The van der Waals surface area contributed by atoms with Crippen molar-refractivity contribution in [2.75, 3.05) is 6.61 Å². The van der Waals surface area contributed by atoms with Crippen molar-refractivity contribution in [1.29, 1.82) is 0 Å². The summed E-state index contributed by atoms with van der Waals surface area (Å²) in [6.45, 7) is -0.383. The highest BCUT2D eigenvalue weighted by atomic mass is 32.1. The number of hydrogen-bond donors (Lipinski definition) is 4. The number of aromatic nitrogens is 4. The molecule has 1 aliphatic rings. The Morgan fingerprint density at radius 1 is 1.42 bits per heavy atom. The number of aliphatic hydroxyl groups excluding tert-OH is 3. The summed E-state index contributed by atoms with van der Waals surface area (Å²) in [5, 5.41) is 33.5. The average Bonchev–Trinajstić information content (AvgIpc) is 2.94. The monoisotopic (exact) mass is 284 g/mol. The fraction of sp³-hybridized carbons (Fsp3) is 0.500. The van der Waals surface area contributed by atoms with Crippen molar-refractivity contribution in [3.63, 3.8) is 0 Å². The molecule has 0 amide bonds. The Kier molecular flexibility index (Phi) is 3.07. The van der Waals surface area contributed by atoms with E-state index in [4.69, 9.17) is 22.1 Å². The second-order valence-electron chi connectivity index (χ2n) is 4.29. The Morgan fingerprint density at radius 3 is 2.89 bits per heavy atom. The Balaban J connectivity index is 2.06. The summed E-state index contributed by atoms with van der Waals surface area (Å²) in [6, 6.07) is 0. The molecule has 0 unspecified atom stereocenters. The normalized spacial score (nSPS) is 31.1. The third-order valence-corrected chi connectivity index (χ3v) is 3.49. The second-order valence-corrected chi connectivity index (χ2v) is 4.67. The van der Waals surface area contributed by atoms with Crippen molar-refractivity contribution in [3.05, 3.63) is 17.2 Å². The van der Waals surface area contributed by atoms with Gasteiger partial charge in [0.1, 0.15) is 28.6 Å². The first-order valence-electron chi connectivity index (χ1n) is 5.67. The van der Waals surface area contributed by atoms with Crippen LogP contribution in [0.15, 0.2) is 12.5 Å². The van der Waals surface area contributed by atoms with Crippen LogP contribution < -0.4 is 0 Å². The van der Waals surface area contributed by atoms with Crippen molar-refractivity contribution in [2.45, 2.75) is 24.5 Å². The van der Waals surface area contributed by atoms with E-state index < -0.39 is 24.5 Å². The number of fused-ring (bicyclic) bond motifs is 1. The van der Waals surface area contributed by atoms with Gasteiger partial charge in [0.25, 0.3) is 0 Å². The second kappa shape index (κ2) is 4.62. The van der Waals surface area contributed by atoms with Crippen LogP contribution in [-0.2, 0) is 4.74 Å². The molecule has 102 valence electrons. The average molecular weight is 284 g/mol. The minimum atomic E-state index is -1.18. The quantitative estimate of drug-likeness (QED) is 0.528. The Morgan fingerprint density at radius 2 is 2.21 bits per heavy atom. The number of ether oxygens (including phenoxy) is 1. The minimum Gasteiger partial charge on any atom is -0.394 e. The number of hydrogen-bond acceptors (Lipinski definition) is 7. The molecule has 1 saturated heterocycles. The first-order chi connectivity index (χ1) is 9.13. The Bertz CT molecular complexity index is 656. The minimum absolute atomic E-state index is 0.381. The van der Waals surface area contributed by atoms with Crippen molar-refractivity contribution >= 4 is 23.3 Å². The molecule has 2 aromatic heterocycles. The van der Waals surface area contributed by atoms with Crippen molar-refractivity contribution < 1.29 is 20.1 Å². The molecule has 1 aliphatic heterocycles. The summed E-state index contributed by atoms with van der Waals surface area (Å²) >= 11 is 5.06. The van der Waals surface area contributed by atoms with Gasteiger partial charge in [0, 0.05) is 0 Å². The van der Waals surface area contributed by atoms with Crippen LogP contribution in [0.5, 0.6) is 0 Å². The van der Waals surface area contributed by atoms with Gasteiger partial charge in [0.05, 0.1) is 24.5 Å². The van der Waals surface area contributed by atoms with E-state index in [0.717, 1.165) is 0 Å². The standard InChI is InChI=1S/C10H12N4O4S/c15-2-5-6(16)7(17)10(18-5)14-8-4(1-13-14)9(19)12-3-11-8/h1,3,5-7,10,15-17H,2H2,(H,11,12,19)/t5-,6-,7-,10-/m0/s1. The maximum absolute atomic E-state index is 9.96. The van der Waals surface area contributed by atoms with E-state index in [1.165, 1.54) is 17.2 Å². The predicted molar refractivity (Wildman–Crippen MR) is 65.7 cm³/mol. The lowest BCUT2D eigenvalue weighted by Crippen LogP contribution is -2.33. The highest BCUT2D eigenvalue weighted by molar-refractivity contribution is 7.71. The van der Waals surface area contributed by atoms with E-state index >= 15 is 0 Å². The molecule has 2 aromatic rings. The molecular weight excluding hydrogens is 272 g/mol. The topological polar surface area (TPSA) is 116 Å². The summed E-state index contributed by atoms with van der Waals surface area (Å²) in [6.07, 6.45) is -1.16. The van der Waals surface area contributed by atoms with Crippen LogP contribution in [0.2, 0.25) is 0 Å². The van der Waals surface area contributed by atoms with E-state index in [2.05, 4.69) is 15.1 Å². The fourth-order valence-electron chi connectivity index (χ4n) is 2.16. The van der Waals surface area contributed by atoms with Crippen molar-refractivity contribution in [3.8, 4) is 0 Å². The van der Waals surface area contributed by atoms with Gasteiger partial charge in [-0.15, -0.1) is 0 Å². The molecule has 0 aromatic carbocycles. The predicted octanol–water partition coefficient (Wildman–Crippen LogP) is -0.900. The molecule has 3 rings (SSSR count). The molecular formula is C10H12N4O4S. The van der Waals surface area contributed by atoms with Crippen molar-refractivity contribution in [1.82, 2.24) is 19.7 Å². The zero-order valence-corrected chi connectivity index (χ0v) is 10.5. The fourth-order valence-corrected chi connectivity index (χ4v) is 2.36. The van der Waals surface area contributed by atoms with Gasteiger partial charge in [-0.3, -0.25) is 0 Å². The van der Waals surface area contributed by atoms with Crippen molar-refractivity contribution in [2.24, 2.45) is 0 Å². The number of nitrogens with zero attached hydrogens (tertiary/aromatic N) is 3. The third-order valence-electron chi connectivity index (χ3n) is 3.17. The van der Waals surface area contributed by atoms with Gasteiger partial charge in [-0.1, -0.05) is 12.2 Å². The SMILES string of the molecule is OC[C@@H]1O[C@H](n2ncc3c(=S)nc[nH]c32)[C@@H](O)[C@H]1O. The molecule has 8 nitrogen and oxygen atoms in total. The van der Waals surface area contributed by atoms with Gasteiger partial charge in [0.15, 0.2) is 6.23 Å². The molecule has 0 spiro atoms. The van der Waals surface area contributed by atoms with Crippen LogP contribution in [0.3, 0.4) is 0 Å². The number of nitrogens with one attached hydrogen (secondary N) is 1. The number of rotatable bonds is 2. The van der Waals surface area contributed by atoms with Gasteiger partial charge in [0.2, 0.25) is 0 Å². The third kappa shape index (κ3) is 1.86. The lowest BCUT2D eigenvalue weighted by Gasteiger charge is -2.15. The van der Waals surface area contributed by atoms with Crippen LogP contribution in [-0.4, -0.2) is 60.0 Å². The van der Waals surface area contributed by atoms with Crippen LogP contribution in [0, 0.1) is 4.64 Å². The van der Waals surface area contributed by atoms with E-state index in [0.29, 0.717) is 15.7 Å². The largest absolute Gasteiger partial charge is 0.394 e. The van der Waals surface area contributed by atoms with Gasteiger partial charge in [-0.05, 0) is 0 Å². The molecule has 4 N–H and O–H groups in total. The van der Waals surface area contributed by atoms with E-state index in [9.17, 15) is 10.2 Å². The van der Waals surface area contributed by atoms with Crippen LogP contribution in [0.25, 0.3) is 11.0 Å². The molecule has 4 atom stereocenters. The lowest BCUT2D eigenvalue weighted by atomic mass is 10.1. The summed E-state index contributed by atoms with van der Waals surface area (Å²) in [5.41, 5.74) is 0.537.